The van der Waals surface area contributed by atoms with E-state index in [4.69, 9.17) is 9.47 Å². The molecule has 1 aromatic heterocycles. The molecule has 1 fully saturated rings. The molecule has 0 N–H and O–H groups in total. The highest BCUT2D eigenvalue weighted by molar-refractivity contribution is 5.78. The van der Waals surface area contributed by atoms with Gasteiger partial charge in [-0.25, -0.2) is 9.97 Å². The van der Waals surface area contributed by atoms with Crippen LogP contribution in [0.5, 0.6) is 11.5 Å². The van der Waals surface area contributed by atoms with Gasteiger partial charge in [0.25, 0.3) is 0 Å². The largest absolute Gasteiger partial charge is 0.490 e. The molecule has 1 aliphatic rings. The van der Waals surface area contributed by atoms with Crippen LogP contribution in [0.25, 0.3) is 11.4 Å². The molecule has 198 valence electrons. The molecule has 3 rings (SSSR count). The molecule has 1 heterocycles. The SMILES string of the molecule is CCCCCCCCCOc1cnc(-c2ccccc2OC(=O)C2CCC(CCCCC)CC2)nc1. The molecule has 2 aromatic rings. The number of ether oxygens (including phenoxy) is 2. The first-order valence-electron chi connectivity index (χ1n) is 14.5. The van der Waals surface area contributed by atoms with Crippen LogP contribution < -0.4 is 9.47 Å². The number of carbonyl (C=O) groups excluding carboxylic acids is 1. The van der Waals surface area contributed by atoms with Crippen LogP contribution in [0.4, 0.5) is 0 Å². The minimum atomic E-state index is -0.121. The maximum absolute atomic E-state index is 12.9. The zero-order chi connectivity index (χ0) is 25.4. The molecule has 1 aliphatic carbocycles. The van der Waals surface area contributed by atoms with Gasteiger partial charge in [0.05, 0.1) is 30.5 Å². The molecule has 0 unspecified atom stereocenters. The predicted molar refractivity (Wildman–Crippen MR) is 146 cm³/mol. The van der Waals surface area contributed by atoms with E-state index < -0.39 is 0 Å². The van der Waals surface area contributed by atoms with Crippen LogP contribution in [-0.4, -0.2) is 22.5 Å². The van der Waals surface area contributed by atoms with Gasteiger partial charge in [-0.05, 0) is 50.2 Å². The van der Waals surface area contributed by atoms with Crippen LogP contribution in [0.1, 0.15) is 110 Å². The number of benzene rings is 1. The minimum Gasteiger partial charge on any atom is -0.490 e. The molecule has 0 aliphatic heterocycles. The van der Waals surface area contributed by atoms with E-state index in [1.165, 1.54) is 64.2 Å². The lowest BCUT2D eigenvalue weighted by Gasteiger charge is -2.27. The second kappa shape index (κ2) is 16.3. The third kappa shape index (κ3) is 9.55. The first-order valence-corrected chi connectivity index (χ1v) is 14.5. The lowest BCUT2D eigenvalue weighted by Crippen LogP contribution is -2.26. The summed E-state index contributed by atoms with van der Waals surface area (Å²) in [5.74, 6) is 2.39. The average molecular weight is 495 g/mol. The van der Waals surface area contributed by atoms with Gasteiger partial charge in [0.15, 0.2) is 11.6 Å². The second-order valence-corrected chi connectivity index (χ2v) is 10.3. The Morgan fingerprint density at radius 2 is 1.47 bits per heavy atom. The number of hydrogen-bond donors (Lipinski definition) is 0. The number of rotatable bonds is 16. The van der Waals surface area contributed by atoms with Crippen molar-refractivity contribution in [2.45, 2.75) is 110 Å². The standard InChI is InChI=1S/C31H46N2O3/c1-3-5-7-8-9-10-14-22-35-27-23-32-30(33-24-27)28-16-12-13-17-29(28)36-31(34)26-20-18-25(19-21-26)15-11-6-4-2/h12-13,16-17,23-26H,3-11,14-15,18-22H2,1-2H3. The van der Waals surface area contributed by atoms with Crippen molar-refractivity contribution < 1.29 is 14.3 Å². The van der Waals surface area contributed by atoms with Crippen molar-refractivity contribution in [3.05, 3.63) is 36.7 Å². The van der Waals surface area contributed by atoms with Crippen LogP contribution in [-0.2, 0) is 4.79 Å². The van der Waals surface area contributed by atoms with E-state index in [-0.39, 0.29) is 11.9 Å². The Morgan fingerprint density at radius 1 is 0.833 bits per heavy atom. The Morgan fingerprint density at radius 3 is 2.19 bits per heavy atom. The van der Waals surface area contributed by atoms with Gasteiger partial charge in [0.2, 0.25) is 0 Å². The third-order valence-electron chi connectivity index (χ3n) is 7.38. The number of unbranched alkanes of at least 4 members (excludes halogenated alkanes) is 8. The molecule has 5 heteroatoms. The molecule has 36 heavy (non-hydrogen) atoms. The fraction of sp³-hybridized carbons (Fsp3) is 0.645. The lowest BCUT2D eigenvalue weighted by molar-refractivity contribution is -0.140. The normalized spacial score (nSPS) is 17.6. The lowest BCUT2D eigenvalue weighted by atomic mass is 9.80. The predicted octanol–water partition coefficient (Wildman–Crippen LogP) is 8.57. The number of aromatic nitrogens is 2. The summed E-state index contributed by atoms with van der Waals surface area (Å²) in [7, 11) is 0. The van der Waals surface area contributed by atoms with Gasteiger partial charge in [-0.15, -0.1) is 0 Å². The molecule has 0 radical (unpaired) electrons. The first kappa shape index (κ1) is 28.1. The summed E-state index contributed by atoms with van der Waals surface area (Å²) in [5.41, 5.74) is 0.734. The van der Waals surface area contributed by atoms with E-state index in [0.717, 1.165) is 43.6 Å². The maximum Gasteiger partial charge on any atom is 0.314 e. The van der Waals surface area contributed by atoms with Gasteiger partial charge < -0.3 is 9.47 Å². The molecule has 0 bridgehead atoms. The van der Waals surface area contributed by atoms with Crippen molar-refractivity contribution in [1.29, 1.82) is 0 Å². The summed E-state index contributed by atoms with van der Waals surface area (Å²) in [5, 5.41) is 0. The van der Waals surface area contributed by atoms with E-state index >= 15 is 0 Å². The molecular weight excluding hydrogens is 448 g/mol. The van der Waals surface area contributed by atoms with Crippen LogP contribution in [0.15, 0.2) is 36.7 Å². The van der Waals surface area contributed by atoms with E-state index in [2.05, 4.69) is 23.8 Å². The topological polar surface area (TPSA) is 61.3 Å². The Bertz CT molecular complexity index is 876. The average Bonchev–Trinajstić information content (AvgIpc) is 2.91. The molecule has 1 saturated carbocycles. The summed E-state index contributed by atoms with van der Waals surface area (Å²) >= 11 is 0. The summed E-state index contributed by atoms with van der Waals surface area (Å²) < 4.78 is 11.7. The van der Waals surface area contributed by atoms with E-state index in [0.29, 0.717) is 23.9 Å². The Balaban J connectivity index is 1.46. The Kier molecular flexibility index (Phi) is 12.8. The van der Waals surface area contributed by atoms with Gasteiger partial charge in [0.1, 0.15) is 5.75 Å². The van der Waals surface area contributed by atoms with Gasteiger partial charge in [-0.2, -0.15) is 0 Å². The van der Waals surface area contributed by atoms with E-state index in [1.54, 1.807) is 12.4 Å². The number of carbonyl (C=O) groups is 1. The van der Waals surface area contributed by atoms with E-state index in [1.807, 2.05) is 24.3 Å². The molecule has 0 atom stereocenters. The van der Waals surface area contributed by atoms with Crippen molar-refractivity contribution in [2.75, 3.05) is 6.61 Å². The first-order chi connectivity index (χ1) is 17.7. The highest BCUT2D eigenvalue weighted by atomic mass is 16.5. The summed E-state index contributed by atoms with van der Waals surface area (Å²) in [4.78, 5) is 21.9. The van der Waals surface area contributed by atoms with Crippen molar-refractivity contribution in [3.63, 3.8) is 0 Å². The molecule has 5 nitrogen and oxygen atoms in total. The van der Waals surface area contributed by atoms with Crippen molar-refractivity contribution in [1.82, 2.24) is 9.97 Å². The van der Waals surface area contributed by atoms with Crippen LogP contribution in [0, 0.1) is 11.8 Å². The smallest absolute Gasteiger partial charge is 0.314 e. The fourth-order valence-electron chi connectivity index (χ4n) is 5.08. The number of para-hydroxylation sites is 1. The molecule has 0 saturated heterocycles. The summed E-state index contributed by atoms with van der Waals surface area (Å²) in [6.45, 7) is 5.18. The van der Waals surface area contributed by atoms with Crippen LogP contribution in [0.3, 0.4) is 0 Å². The number of esters is 1. The molecule has 1 aromatic carbocycles. The van der Waals surface area contributed by atoms with Gasteiger partial charge in [-0.1, -0.05) is 90.2 Å². The van der Waals surface area contributed by atoms with Gasteiger partial charge in [0, 0.05) is 0 Å². The highest BCUT2D eigenvalue weighted by Gasteiger charge is 2.28. The van der Waals surface area contributed by atoms with Crippen LogP contribution >= 0.6 is 0 Å². The number of nitrogens with zero attached hydrogens (tertiary/aromatic N) is 2. The summed E-state index contributed by atoms with van der Waals surface area (Å²) in [6, 6.07) is 7.54. The maximum atomic E-state index is 12.9. The van der Waals surface area contributed by atoms with Crippen molar-refractivity contribution >= 4 is 5.97 Å². The highest BCUT2D eigenvalue weighted by Crippen LogP contribution is 2.34. The van der Waals surface area contributed by atoms with E-state index in [9.17, 15) is 4.79 Å². The van der Waals surface area contributed by atoms with Crippen molar-refractivity contribution in [3.8, 4) is 22.9 Å². The number of hydrogen-bond acceptors (Lipinski definition) is 5. The molecule has 0 spiro atoms. The van der Waals surface area contributed by atoms with Crippen LogP contribution in [0.2, 0.25) is 0 Å². The quantitative estimate of drug-likeness (QED) is 0.133. The fourth-order valence-corrected chi connectivity index (χ4v) is 5.08. The minimum absolute atomic E-state index is 0.0104. The Hall–Kier alpha value is -2.43. The van der Waals surface area contributed by atoms with Gasteiger partial charge >= 0.3 is 5.97 Å². The molecule has 0 amide bonds. The zero-order valence-electron chi connectivity index (χ0n) is 22.6. The zero-order valence-corrected chi connectivity index (χ0v) is 22.6. The Labute approximate surface area is 218 Å². The monoisotopic (exact) mass is 494 g/mol. The van der Waals surface area contributed by atoms with Crippen molar-refractivity contribution in [2.24, 2.45) is 11.8 Å². The summed E-state index contributed by atoms with van der Waals surface area (Å²) in [6.07, 6.45) is 21.5. The molecular formula is C31H46N2O3. The second-order valence-electron chi connectivity index (χ2n) is 10.3. The third-order valence-corrected chi connectivity index (χ3v) is 7.38. The van der Waals surface area contributed by atoms with Gasteiger partial charge in [-0.3, -0.25) is 4.79 Å².